The molecule has 0 aromatic heterocycles. The van der Waals surface area contributed by atoms with Gasteiger partial charge in [0.15, 0.2) is 0 Å². The fourth-order valence-corrected chi connectivity index (χ4v) is 2.37. The number of nitro benzene ring substituents is 1. The maximum absolute atomic E-state index is 10.8. The van der Waals surface area contributed by atoms with E-state index in [0.29, 0.717) is 5.69 Å². The van der Waals surface area contributed by atoms with Crippen LogP contribution in [-0.4, -0.2) is 4.92 Å². The maximum atomic E-state index is 10.8. The third-order valence-electron chi connectivity index (χ3n) is 3.48. The van der Waals surface area contributed by atoms with Gasteiger partial charge < -0.3 is 10.6 Å². The van der Waals surface area contributed by atoms with Gasteiger partial charge in [0.05, 0.1) is 4.92 Å². The summed E-state index contributed by atoms with van der Waals surface area (Å²) in [6, 6.07) is 23.8. The molecule has 0 bridgehead atoms. The molecule has 0 amide bonds. The number of nitrogens with two attached hydrogens (primary N) is 1. The molecule has 0 atom stereocenters. The summed E-state index contributed by atoms with van der Waals surface area (Å²) >= 11 is 0. The van der Waals surface area contributed by atoms with E-state index in [0.717, 1.165) is 17.1 Å². The number of benzene rings is 3. The minimum atomic E-state index is -0.403. The molecule has 2 N–H and O–H groups in total. The predicted octanol–water partition coefficient (Wildman–Crippen LogP) is 4.65. The Morgan fingerprint density at radius 3 is 1.74 bits per heavy atom. The molecule has 0 saturated carbocycles. The Kier molecular flexibility index (Phi) is 3.93. The summed E-state index contributed by atoms with van der Waals surface area (Å²) in [5.41, 5.74) is 9.25. The summed E-state index contributed by atoms with van der Waals surface area (Å²) in [5.74, 6) is 0. The van der Waals surface area contributed by atoms with E-state index in [1.54, 1.807) is 12.1 Å². The second-order valence-corrected chi connectivity index (χ2v) is 5.04. The lowest BCUT2D eigenvalue weighted by molar-refractivity contribution is -0.384. The molecule has 3 aromatic rings. The van der Waals surface area contributed by atoms with Gasteiger partial charge in [-0.1, -0.05) is 18.2 Å². The van der Waals surface area contributed by atoms with E-state index in [1.165, 1.54) is 12.1 Å². The topological polar surface area (TPSA) is 72.4 Å². The first kappa shape index (κ1) is 14.6. The molecule has 0 radical (unpaired) electrons. The number of nitrogens with zero attached hydrogens (tertiary/aromatic N) is 2. The molecular weight excluding hydrogens is 290 g/mol. The summed E-state index contributed by atoms with van der Waals surface area (Å²) in [6.45, 7) is 0. The van der Waals surface area contributed by atoms with Gasteiger partial charge in [0.2, 0.25) is 0 Å². The summed E-state index contributed by atoms with van der Waals surface area (Å²) in [7, 11) is 0. The van der Waals surface area contributed by atoms with Crippen molar-refractivity contribution in [3.05, 3.63) is 89.0 Å². The van der Waals surface area contributed by atoms with Gasteiger partial charge in [0, 0.05) is 34.9 Å². The van der Waals surface area contributed by atoms with Crippen LogP contribution in [-0.2, 0) is 0 Å². The Hall–Kier alpha value is -3.34. The summed E-state index contributed by atoms with van der Waals surface area (Å²) in [4.78, 5) is 12.5. The van der Waals surface area contributed by atoms with Crippen LogP contribution in [0.1, 0.15) is 0 Å². The lowest BCUT2D eigenvalue weighted by Gasteiger charge is -2.25. The Morgan fingerprint density at radius 1 is 0.739 bits per heavy atom. The van der Waals surface area contributed by atoms with E-state index in [-0.39, 0.29) is 5.69 Å². The molecule has 23 heavy (non-hydrogen) atoms. The fraction of sp³-hybridized carbons (Fsp3) is 0. The predicted molar refractivity (Wildman–Crippen MR) is 92.2 cm³/mol. The largest absolute Gasteiger partial charge is 0.399 e. The summed E-state index contributed by atoms with van der Waals surface area (Å²) in [6.07, 6.45) is 0. The van der Waals surface area contributed by atoms with E-state index in [9.17, 15) is 10.1 Å². The van der Waals surface area contributed by atoms with Crippen LogP contribution < -0.4 is 10.6 Å². The minimum Gasteiger partial charge on any atom is -0.399 e. The molecular formula is C18H15N3O2. The molecule has 0 fully saturated rings. The molecule has 3 aromatic carbocycles. The second kappa shape index (κ2) is 6.19. The molecule has 0 aliphatic heterocycles. The van der Waals surface area contributed by atoms with Crippen molar-refractivity contribution in [2.75, 3.05) is 10.6 Å². The Bertz CT molecular complexity index is 800. The molecule has 0 heterocycles. The van der Waals surface area contributed by atoms with Crippen molar-refractivity contribution in [3.8, 4) is 0 Å². The molecule has 5 heteroatoms. The number of non-ortho nitro benzene ring substituents is 1. The van der Waals surface area contributed by atoms with Gasteiger partial charge in [-0.2, -0.15) is 0 Å². The van der Waals surface area contributed by atoms with Gasteiger partial charge in [-0.05, 0) is 48.5 Å². The van der Waals surface area contributed by atoms with Crippen LogP contribution in [0.15, 0.2) is 78.9 Å². The van der Waals surface area contributed by atoms with Crippen molar-refractivity contribution in [3.63, 3.8) is 0 Å². The number of para-hydroxylation sites is 1. The van der Waals surface area contributed by atoms with E-state index in [2.05, 4.69) is 0 Å². The quantitative estimate of drug-likeness (QED) is 0.433. The zero-order valence-corrected chi connectivity index (χ0v) is 12.3. The van der Waals surface area contributed by atoms with Crippen LogP contribution in [0, 0.1) is 10.1 Å². The highest BCUT2D eigenvalue weighted by Gasteiger charge is 2.13. The van der Waals surface area contributed by atoms with Crippen molar-refractivity contribution >= 4 is 28.4 Å². The molecule has 0 aliphatic rings. The van der Waals surface area contributed by atoms with Crippen molar-refractivity contribution in [2.24, 2.45) is 0 Å². The van der Waals surface area contributed by atoms with E-state index < -0.39 is 4.92 Å². The number of rotatable bonds is 4. The first-order valence-corrected chi connectivity index (χ1v) is 7.10. The Balaban J connectivity index is 2.08. The molecule has 0 saturated heterocycles. The zero-order chi connectivity index (χ0) is 16.2. The van der Waals surface area contributed by atoms with Crippen LogP contribution >= 0.6 is 0 Å². The van der Waals surface area contributed by atoms with Crippen LogP contribution in [0.3, 0.4) is 0 Å². The molecule has 114 valence electrons. The highest BCUT2D eigenvalue weighted by atomic mass is 16.6. The average molecular weight is 305 g/mol. The van der Waals surface area contributed by atoms with Crippen molar-refractivity contribution in [1.29, 1.82) is 0 Å². The Morgan fingerprint density at radius 2 is 1.22 bits per heavy atom. The zero-order valence-electron chi connectivity index (χ0n) is 12.3. The van der Waals surface area contributed by atoms with Gasteiger partial charge >= 0.3 is 0 Å². The number of anilines is 4. The first-order valence-electron chi connectivity index (χ1n) is 7.10. The lowest BCUT2D eigenvalue weighted by atomic mass is 10.2. The number of nitrogen functional groups attached to an aromatic ring is 1. The third kappa shape index (κ3) is 3.13. The van der Waals surface area contributed by atoms with Crippen molar-refractivity contribution in [1.82, 2.24) is 0 Å². The van der Waals surface area contributed by atoms with E-state index in [1.807, 2.05) is 59.5 Å². The summed E-state index contributed by atoms with van der Waals surface area (Å²) in [5, 5.41) is 10.8. The standard InChI is InChI=1S/C18H15N3O2/c19-14-6-8-16(9-7-14)20(15-4-2-1-3-5-15)17-10-12-18(13-11-17)21(22)23/h1-13H,19H2. The number of hydrogen-bond acceptors (Lipinski definition) is 4. The average Bonchev–Trinajstić information content (AvgIpc) is 2.58. The number of hydrogen-bond donors (Lipinski definition) is 1. The molecule has 5 nitrogen and oxygen atoms in total. The molecule has 0 aliphatic carbocycles. The first-order chi connectivity index (χ1) is 11.1. The highest BCUT2D eigenvalue weighted by molar-refractivity contribution is 5.77. The van der Waals surface area contributed by atoms with Gasteiger partial charge in [0.1, 0.15) is 0 Å². The molecule has 3 rings (SSSR count). The van der Waals surface area contributed by atoms with Crippen molar-refractivity contribution < 1.29 is 4.92 Å². The minimum absolute atomic E-state index is 0.0686. The lowest BCUT2D eigenvalue weighted by Crippen LogP contribution is -2.09. The van der Waals surface area contributed by atoms with Crippen LogP contribution in [0.25, 0.3) is 0 Å². The van der Waals surface area contributed by atoms with Crippen molar-refractivity contribution in [2.45, 2.75) is 0 Å². The van der Waals surface area contributed by atoms with Crippen LogP contribution in [0.2, 0.25) is 0 Å². The van der Waals surface area contributed by atoms with Gasteiger partial charge in [-0.15, -0.1) is 0 Å². The van der Waals surface area contributed by atoms with Gasteiger partial charge in [-0.3, -0.25) is 10.1 Å². The monoisotopic (exact) mass is 305 g/mol. The fourth-order valence-electron chi connectivity index (χ4n) is 2.37. The van der Waals surface area contributed by atoms with Gasteiger partial charge in [-0.25, -0.2) is 0 Å². The molecule has 0 spiro atoms. The number of nitro groups is 1. The van der Waals surface area contributed by atoms with Gasteiger partial charge in [0.25, 0.3) is 5.69 Å². The SMILES string of the molecule is Nc1ccc(N(c2ccccc2)c2ccc([N+](=O)[O-])cc2)cc1. The third-order valence-corrected chi connectivity index (χ3v) is 3.48. The van der Waals surface area contributed by atoms with Crippen LogP contribution in [0.5, 0.6) is 0 Å². The molecule has 0 unspecified atom stereocenters. The maximum Gasteiger partial charge on any atom is 0.269 e. The normalized spacial score (nSPS) is 10.3. The van der Waals surface area contributed by atoms with E-state index >= 15 is 0 Å². The van der Waals surface area contributed by atoms with E-state index in [4.69, 9.17) is 5.73 Å². The second-order valence-electron chi connectivity index (χ2n) is 5.04. The highest BCUT2D eigenvalue weighted by Crippen LogP contribution is 2.35. The van der Waals surface area contributed by atoms with Crippen LogP contribution in [0.4, 0.5) is 28.4 Å². The Labute approximate surface area is 133 Å². The smallest absolute Gasteiger partial charge is 0.269 e. The summed E-state index contributed by atoms with van der Waals surface area (Å²) < 4.78 is 0.